The van der Waals surface area contributed by atoms with Gasteiger partial charge in [-0.1, -0.05) is 36.7 Å². The van der Waals surface area contributed by atoms with Crippen molar-refractivity contribution in [2.24, 2.45) is 17.8 Å². The summed E-state index contributed by atoms with van der Waals surface area (Å²) in [5, 5.41) is 11.1. The molecule has 2 bridgehead atoms. The molecule has 2 aliphatic carbocycles. The number of aliphatic hydroxyl groups is 1. The third-order valence-electron chi connectivity index (χ3n) is 9.77. The topological polar surface area (TPSA) is 95.9 Å². The molecule has 0 saturated heterocycles. The third kappa shape index (κ3) is 5.51. The summed E-state index contributed by atoms with van der Waals surface area (Å²) >= 11 is 6.38. The summed E-state index contributed by atoms with van der Waals surface area (Å²) in [5.74, 6) is 0.391. The van der Waals surface area contributed by atoms with E-state index < -0.39 is 27.3 Å². The van der Waals surface area contributed by atoms with Gasteiger partial charge in [0.25, 0.3) is 5.91 Å². The lowest BCUT2D eigenvalue weighted by molar-refractivity contribution is 0.0454. The van der Waals surface area contributed by atoms with Crippen LogP contribution in [0.1, 0.15) is 67.4 Å². The molecule has 2 heterocycles. The molecular formula is C32H39ClN2O5S. The first-order valence-corrected chi connectivity index (χ1v) is 16.7. The summed E-state index contributed by atoms with van der Waals surface area (Å²) in [6, 6.07) is 11.4. The van der Waals surface area contributed by atoms with E-state index in [1.54, 1.807) is 25.1 Å². The van der Waals surface area contributed by atoms with Crippen molar-refractivity contribution >= 4 is 33.2 Å². The lowest BCUT2D eigenvalue weighted by Crippen LogP contribution is -2.49. The van der Waals surface area contributed by atoms with E-state index in [4.69, 9.17) is 16.3 Å². The van der Waals surface area contributed by atoms with E-state index in [0.29, 0.717) is 31.9 Å². The van der Waals surface area contributed by atoms with Crippen LogP contribution < -0.4 is 14.4 Å². The Labute approximate surface area is 248 Å². The number of halogens is 1. The van der Waals surface area contributed by atoms with Gasteiger partial charge in [0.2, 0.25) is 10.0 Å². The molecule has 2 aromatic rings. The van der Waals surface area contributed by atoms with Gasteiger partial charge < -0.3 is 14.7 Å². The van der Waals surface area contributed by atoms with Crippen molar-refractivity contribution in [1.82, 2.24) is 4.72 Å². The zero-order valence-corrected chi connectivity index (χ0v) is 25.3. The van der Waals surface area contributed by atoms with E-state index in [-0.39, 0.29) is 28.7 Å². The van der Waals surface area contributed by atoms with E-state index >= 15 is 0 Å². The number of rotatable bonds is 0. The molecule has 4 aliphatic rings. The van der Waals surface area contributed by atoms with Gasteiger partial charge in [0.05, 0.1) is 23.6 Å². The number of hydrogen-bond donors (Lipinski definition) is 2. The third-order valence-corrected chi connectivity index (χ3v) is 11.7. The van der Waals surface area contributed by atoms with Crippen molar-refractivity contribution in [3.8, 4) is 5.75 Å². The van der Waals surface area contributed by atoms with Crippen LogP contribution in [0.4, 0.5) is 5.69 Å². The number of amides is 1. The number of ether oxygens (including phenoxy) is 1. The molecule has 1 saturated carbocycles. The first kappa shape index (κ1) is 28.6. The van der Waals surface area contributed by atoms with E-state index in [2.05, 4.69) is 21.8 Å². The van der Waals surface area contributed by atoms with Gasteiger partial charge in [0, 0.05) is 29.1 Å². The fourth-order valence-corrected chi connectivity index (χ4v) is 8.60. The Kier molecular flexibility index (Phi) is 7.62. The molecule has 2 N–H and O–H groups in total. The second kappa shape index (κ2) is 10.9. The minimum Gasteiger partial charge on any atom is -0.490 e. The van der Waals surface area contributed by atoms with E-state index in [1.807, 2.05) is 25.1 Å². The van der Waals surface area contributed by atoms with Gasteiger partial charge in [0.15, 0.2) is 0 Å². The van der Waals surface area contributed by atoms with Crippen molar-refractivity contribution < 1.29 is 23.1 Å². The van der Waals surface area contributed by atoms with E-state index in [9.17, 15) is 18.3 Å². The highest BCUT2D eigenvalue weighted by Crippen LogP contribution is 2.46. The molecule has 7 nitrogen and oxygen atoms in total. The summed E-state index contributed by atoms with van der Waals surface area (Å²) in [6.07, 6.45) is 8.45. The SMILES string of the molecule is C[C@@H]1/C=C/C(O)C2CCC2CN2C[C@@]3(CCCc4cc(Cl)ccc43)COc3ccc(cc32)C(=O)NS(=O)(=O)[C@@H](C)C1. The van der Waals surface area contributed by atoms with Gasteiger partial charge in [-0.15, -0.1) is 0 Å². The monoisotopic (exact) mass is 598 g/mol. The van der Waals surface area contributed by atoms with Crippen LogP contribution in [-0.2, 0) is 21.9 Å². The van der Waals surface area contributed by atoms with E-state index in [1.165, 1.54) is 11.1 Å². The van der Waals surface area contributed by atoms with Crippen LogP contribution >= 0.6 is 11.6 Å². The molecule has 0 aromatic heterocycles. The second-order valence-electron chi connectivity index (χ2n) is 12.7. The smallest absolute Gasteiger partial charge is 0.264 e. The van der Waals surface area contributed by atoms with Crippen LogP contribution in [0.3, 0.4) is 0 Å². The van der Waals surface area contributed by atoms with Gasteiger partial charge in [0.1, 0.15) is 5.75 Å². The number of aliphatic hydroxyl groups excluding tert-OH is 1. The second-order valence-corrected chi connectivity index (χ2v) is 15.2. The normalized spacial score (nSPS) is 33.8. The lowest BCUT2D eigenvalue weighted by atomic mass is 9.68. The summed E-state index contributed by atoms with van der Waals surface area (Å²) in [5.41, 5.74) is 3.33. The number of fused-ring (bicyclic) bond motifs is 4. The maximum absolute atomic E-state index is 13.3. The first-order chi connectivity index (χ1) is 19.5. The zero-order chi connectivity index (χ0) is 28.9. The number of anilines is 1. The molecule has 9 heteroatoms. The van der Waals surface area contributed by atoms with Crippen LogP contribution in [-0.4, -0.2) is 50.5 Å². The summed E-state index contributed by atoms with van der Waals surface area (Å²) in [6.45, 7) is 5.46. The Bertz CT molecular complexity index is 1480. The molecule has 1 amide bonds. The molecule has 2 aliphatic heterocycles. The standard InChI is InChI=1S/C32H39ClN2O5S/c1-20-5-11-29(36)26-9-6-24(26)17-35-18-32(13-3-4-22-15-25(33)8-10-27(22)32)19-40-30-12-7-23(16-28(30)35)31(37)34-41(38,39)21(2)14-20/h5,7-8,10-12,15-16,20-21,24,26,29,36H,3-4,6,9,13-14,17-19H2,1-2H3,(H,34,37)/b11-5+/t20-,21+,24?,26?,29?,32+/m1/s1. The molecule has 3 unspecified atom stereocenters. The highest BCUT2D eigenvalue weighted by molar-refractivity contribution is 7.90. The number of nitrogens with one attached hydrogen (secondary N) is 1. The first-order valence-electron chi connectivity index (χ1n) is 14.8. The fraction of sp³-hybridized carbons (Fsp3) is 0.531. The van der Waals surface area contributed by atoms with Gasteiger partial charge >= 0.3 is 0 Å². The van der Waals surface area contributed by atoms with Gasteiger partial charge in [-0.2, -0.15) is 0 Å². The molecule has 1 fully saturated rings. The van der Waals surface area contributed by atoms with Crippen LogP contribution in [0.25, 0.3) is 0 Å². The number of allylic oxidation sites excluding steroid dienone is 1. The number of carbonyl (C=O) groups is 1. The molecule has 41 heavy (non-hydrogen) atoms. The Balaban J connectivity index is 1.42. The highest BCUT2D eigenvalue weighted by Gasteiger charge is 2.44. The van der Waals surface area contributed by atoms with Crippen molar-refractivity contribution in [3.05, 3.63) is 70.3 Å². The quantitative estimate of drug-likeness (QED) is 0.403. The van der Waals surface area contributed by atoms with Gasteiger partial charge in [-0.3, -0.25) is 4.79 Å². The predicted octanol–water partition coefficient (Wildman–Crippen LogP) is 5.24. The van der Waals surface area contributed by atoms with E-state index in [0.717, 1.165) is 42.8 Å². The number of sulfonamides is 1. The average molecular weight is 599 g/mol. The molecule has 220 valence electrons. The molecular weight excluding hydrogens is 560 g/mol. The Hall–Kier alpha value is -2.55. The summed E-state index contributed by atoms with van der Waals surface area (Å²) < 4.78 is 34.9. The Morgan fingerprint density at radius 3 is 2.73 bits per heavy atom. The Morgan fingerprint density at radius 1 is 1.12 bits per heavy atom. The largest absolute Gasteiger partial charge is 0.490 e. The predicted molar refractivity (Wildman–Crippen MR) is 161 cm³/mol. The van der Waals surface area contributed by atoms with Crippen molar-refractivity contribution in [3.63, 3.8) is 0 Å². The van der Waals surface area contributed by atoms with Crippen LogP contribution in [0.5, 0.6) is 5.75 Å². The summed E-state index contributed by atoms with van der Waals surface area (Å²) in [7, 11) is -3.89. The minimum atomic E-state index is -3.89. The molecule has 6 rings (SSSR count). The number of hydrogen-bond acceptors (Lipinski definition) is 6. The van der Waals surface area contributed by atoms with Gasteiger partial charge in [-0.05, 0) is 105 Å². The minimum absolute atomic E-state index is 0.0638. The fourth-order valence-electron chi connectivity index (χ4n) is 7.27. The van der Waals surface area contributed by atoms with Crippen LogP contribution in [0.2, 0.25) is 5.02 Å². The zero-order valence-electron chi connectivity index (χ0n) is 23.7. The van der Waals surface area contributed by atoms with Crippen molar-refractivity contribution in [1.29, 1.82) is 0 Å². The Morgan fingerprint density at radius 2 is 1.95 bits per heavy atom. The van der Waals surface area contributed by atoms with Crippen molar-refractivity contribution in [2.75, 3.05) is 24.6 Å². The molecule has 1 spiro atoms. The van der Waals surface area contributed by atoms with Gasteiger partial charge in [-0.25, -0.2) is 13.1 Å². The summed E-state index contributed by atoms with van der Waals surface area (Å²) in [4.78, 5) is 15.6. The highest BCUT2D eigenvalue weighted by atomic mass is 35.5. The number of nitrogens with zero attached hydrogens (tertiary/aromatic N) is 1. The molecule has 2 aromatic carbocycles. The maximum Gasteiger partial charge on any atom is 0.264 e. The van der Waals surface area contributed by atoms with Crippen LogP contribution in [0.15, 0.2) is 48.6 Å². The number of aryl methyl sites for hydroxylation is 1. The van der Waals surface area contributed by atoms with Crippen LogP contribution in [0, 0.1) is 17.8 Å². The molecule has 0 radical (unpaired) electrons. The number of benzene rings is 2. The average Bonchev–Trinajstić information content (AvgIpc) is 3.06. The molecule has 6 atom stereocenters. The number of carbonyl (C=O) groups excluding carboxylic acids is 1. The maximum atomic E-state index is 13.3. The lowest BCUT2D eigenvalue weighted by Gasteiger charge is -2.45. The van der Waals surface area contributed by atoms with Crippen molar-refractivity contribution in [2.45, 2.75) is 69.1 Å².